The molecule has 1 unspecified atom stereocenters. The first-order valence-electron chi connectivity index (χ1n) is 6.78. The molecular weight excluding hydrogens is 296 g/mol. The van der Waals surface area contributed by atoms with Crippen LogP contribution in [0.3, 0.4) is 0 Å². The Balaban J connectivity index is 0. The van der Waals surface area contributed by atoms with E-state index in [4.69, 9.17) is 24.4 Å². The van der Waals surface area contributed by atoms with Crippen LogP contribution >= 0.6 is 0 Å². The Morgan fingerprint density at radius 3 is 1.91 bits per heavy atom. The summed E-state index contributed by atoms with van der Waals surface area (Å²) in [5, 5.41) is 17.3. The van der Waals surface area contributed by atoms with Crippen LogP contribution in [0.1, 0.15) is 6.92 Å². The van der Waals surface area contributed by atoms with Crippen LogP contribution in [0.25, 0.3) is 0 Å². The molecular formula is C14H28O8. The minimum Gasteiger partial charge on any atom is -0.466 e. The topological polar surface area (TPSA) is 104 Å². The summed E-state index contributed by atoms with van der Waals surface area (Å²) in [6.07, 6.45) is -0.877. The van der Waals surface area contributed by atoms with Crippen molar-refractivity contribution in [2.24, 2.45) is 0 Å². The SMILES string of the molecule is C=C(C)C(=O)OC.COC(O)COCCOCCOCCO. The molecule has 0 aromatic heterocycles. The lowest BCUT2D eigenvalue weighted by atomic mass is 10.4. The van der Waals surface area contributed by atoms with Gasteiger partial charge in [-0.15, -0.1) is 0 Å². The first kappa shape index (κ1) is 23.2. The molecule has 0 saturated heterocycles. The van der Waals surface area contributed by atoms with Crippen LogP contribution in [0.5, 0.6) is 0 Å². The van der Waals surface area contributed by atoms with Gasteiger partial charge in [0.15, 0.2) is 6.29 Å². The number of rotatable bonds is 12. The van der Waals surface area contributed by atoms with Gasteiger partial charge in [-0.2, -0.15) is 0 Å². The van der Waals surface area contributed by atoms with E-state index in [0.29, 0.717) is 38.6 Å². The van der Waals surface area contributed by atoms with Crippen LogP contribution in [0.15, 0.2) is 12.2 Å². The average molecular weight is 324 g/mol. The lowest BCUT2D eigenvalue weighted by molar-refractivity contribution is -0.136. The molecule has 0 rings (SSSR count). The number of esters is 1. The average Bonchev–Trinajstić information content (AvgIpc) is 2.52. The molecule has 2 N–H and O–H groups in total. The number of hydrogen-bond donors (Lipinski definition) is 2. The Kier molecular flexibility index (Phi) is 19.0. The minimum absolute atomic E-state index is 0.0258. The van der Waals surface area contributed by atoms with Gasteiger partial charge in [-0.05, 0) is 6.92 Å². The van der Waals surface area contributed by atoms with E-state index < -0.39 is 6.29 Å². The van der Waals surface area contributed by atoms with E-state index in [9.17, 15) is 4.79 Å². The summed E-state index contributed by atoms with van der Waals surface area (Å²) in [7, 11) is 2.74. The zero-order chi connectivity index (χ0) is 17.2. The fourth-order valence-electron chi connectivity index (χ4n) is 0.931. The maximum absolute atomic E-state index is 10.2. The van der Waals surface area contributed by atoms with E-state index in [1.165, 1.54) is 14.2 Å². The van der Waals surface area contributed by atoms with Crippen LogP contribution in [-0.4, -0.2) is 82.9 Å². The molecule has 0 spiro atoms. The highest BCUT2D eigenvalue weighted by molar-refractivity contribution is 5.86. The first-order chi connectivity index (χ1) is 10.5. The molecule has 0 aliphatic heterocycles. The number of ether oxygens (including phenoxy) is 5. The molecule has 22 heavy (non-hydrogen) atoms. The Bertz CT molecular complexity index is 270. The summed E-state index contributed by atoms with van der Waals surface area (Å²) in [4.78, 5) is 10.2. The summed E-state index contributed by atoms with van der Waals surface area (Å²) in [6.45, 7) is 7.23. The molecule has 0 heterocycles. The third-order valence-electron chi connectivity index (χ3n) is 2.05. The number of methoxy groups -OCH3 is 2. The van der Waals surface area contributed by atoms with Crippen molar-refractivity contribution in [3.05, 3.63) is 12.2 Å². The van der Waals surface area contributed by atoms with Gasteiger partial charge in [0.1, 0.15) is 0 Å². The second kappa shape index (κ2) is 18.0. The Morgan fingerprint density at radius 2 is 1.55 bits per heavy atom. The van der Waals surface area contributed by atoms with E-state index in [0.717, 1.165) is 0 Å². The molecule has 8 heteroatoms. The molecule has 0 amide bonds. The van der Waals surface area contributed by atoms with Crippen LogP contribution in [0, 0.1) is 0 Å². The van der Waals surface area contributed by atoms with Crippen molar-refractivity contribution in [3.8, 4) is 0 Å². The van der Waals surface area contributed by atoms with Gasteiger partial charge in [0.2, 0.25) is 0 Å². The van der Waals surface area contributed by atoms with E-state index in [-0.39, 0.29) is 19.2 Å². The van der Waals surface area contributed by atoms with Crippen LogP contribution in [-0.2, 0) is 28.5 Å². The summed E-state index contributed by atoms with van der Waals surface area (Å²) in [5.74, 6) is -0.347. The molecule has 0 bridgehead atoms. The first-order valence-corrected chi connectivity index (χ1v) is 6.78. The number of carbonyl (C=O) groups excluding carboxylic acids is 1. The molecule has 0 radical (unpaired) electrons. The highest BCUT2D eigenvalue weighted by Crippen LogP contribution is 1.87. The normalized spacial score (nSPS) is 11.3. The van der Waals surface area contributed by atoms with E-state index >= 15 is 0 Å². The standard InChI is InChI=1S/C9H20O6.C5H8O2/c1-12-9(11)8-15-7-6-14-5-4-13-3-2-10;1-4(2)5(6)7-3/h9-11H,2-8H2,1H3;1H2,2-3H3. The van der Waals surface area contributed by atoms with Gasteiger partial charge in [-0.25, -0.2) is 4.79 Å². The van der Waals surface area contributed by atoms with E-state index in [1.54, 1.807) is 6.92 Å². The van der Waals surface area contributed by atoms with Crippen molar-refractivity contribution in [3.63, 3.8) is 0 Å². The Morgan fingerprint density at radius 1 is 1.05 bits per heavy atom. The predicted molar refractivity (Wildman–Crippen MR) is 79.4 cm³/mol. The Labute approximate surface area is 131 Å². The van der Waals surface area contributed by atoms with Crippen molar-refractivity contribution in [1.29, 1.82) is 0 Å². The fourth-order valence-corrected chi connectivity index (χ4v) is 0.931. The van der Waals surface area contributed by atoms with Gasteiger partial charge in [0.05, 0.1) is 53.4 Å². The van der Waals surface area contributed by atoms with Crippen LogP contribution in [0.2, 0.25) is 0 Å². The molecule has 0 aromatic carbocycles. The van der Waals surface area contributed by atoms with Crippen LogP contribution < -0.4 is 0 Å². The second-order valence-electron chi connectivity index (χ2n) is 3.99. The van der Waals surface area contributed by atoms with Crippen molar-refractivity contribution in [2.75, 3.05) is 60.5 Å². The minimum atomic E-state index is -0.877. The third-order valence-corrected chi connectivity index (χ3v) is 2.05. The second-order valence-corrected chi connectivity index (χ2v) is 3.99. The maximum Gasteiger partial charge on any atom is 0.332 e. The number of aliphatic hydroxyl groups excluding tert-OH is 2. The maximum atomic E-state index is 10.2. The molecule has 0 aliphatic rings. The van der Waals surface area contributed by atoms with Crippen LogP contribution in [0.4, 0.5) is 0 Å². The van der Waals surface area contributed by atoms with E-state index in [1.807, 2.05) is 0 Å². The Hall–Kier alpha value is -1.03. The molecule has 8 nitrogen and oxygen atoms in total. The highest BCUT2D eigenvalue weighted by Gasteiger charge is 1.99. The molecule has 0 aromatic rings. The zero-order valence-corrected chi connectivity index (χ0v) is 13.6. The number of aliphatic hydroxyl groups is 2. The van der Waals surface area contributed by atoms with Crippen molar-refractivity contribution < 1.29 is 38.7 Å². The van der Waals surface area contributed by atoms with Gasteiger partial charge in [-0.3, -0.25) is 0 Å². The number of carbonyl (C=O) groups is 1. The van der Waals surface area contributed by atoms with Crippen molar-refractivity contribution >= 4 is 5.97 Å². The van der Waals surface area contributed by atoms with Gasteiger partial charge < -0.3 is 33.9 Å². The van der Waals surface area contributed by atoms with Gasteiger partial charge in [0.25, 0.3) is 0 Å². The van der Waals surface area contributed by atoms with Gasteiger partial charge in [-0.1, -0.05) is 6.58 Å². The third kappa shape index (κ3) is 19.0. The van der Waals surface area contributed by atoms with Crippen molar-refractivity contribution in [1.82, 2.24) is 0 Å². The fraction of sp³-hybridized carbons (Fsp3) is 0.786. The largest absolute Gasteiger partial charge is 0.466 e. The smallest absolute Gasteiger partial charge is 0.332 e. The van der Waals surface area contributed by atoms with E-state index in [2.05, 4.69) is 16.1 Å². The van der Waals surface area contributed by atoms with Gasteiger partial charge in [0, 0.05) is 12.7 Å². The number of hydrogen-bond acceptors (Lipinski definition) is 8. The molecule has 0 saturated carbocycles. The molecule has 0 aliphatic carbocycles. The zero-order valence-electron chi connectivity index (χ0n) is 13.6. The molecule has 132 valence electrons. The quantitative estimate of drug-likeness (QED) is 0.219. The van der Waals surface area contributed by atoms with Gasteiger partial charge >= 0.3 is 5.97 Å². The molecule has 0 fully saturated rings. The monoisotopic (exact) mass is 324 g/mol. The highest BCUT2D eigenvalue weighted by atomic mass is 16.6. The summed E-state index contributed by atoms with van der Waals surface area (Å²) < 4.78 is 24.0. The summed E-state index contributed by atoms with van der Waals surface area (Å²) >= 11 is 0. The molecule has 1 atom stereocenters. The van der Waals surface area contributed by atoms with Crippen molar-refractivity contribution in [2.45, 2.75) is 13.2 Å². The lowest BCUT2D eigenvalue weighted by Gasteiger charge is -2.09. The summed E-state index contributed by atoms with van der Waals surface area (Å²) in [5.41, 5.74) is 0.433. The predicted octanol–water partition coefficient (Wildman–Crippen LogP) is -0.271. The lowest BCUT2D eigenvalue weighted by Crippen LogP contribution is -2.19. The summed E-state index contributed by atoms with van der Waals surface area (Å²) in [6, 6.07) is 0.